The van der Waals surface area contributed by atoms with Gasteiger partial charge >= 0.3 is 0 Å². The second kappa shape index (κ2) is 6.79. The number of hydrogen-bond donors (Lipinski definition) is 1. The van der Waals surface area contributed by atoms with E-state index in [1.807, 2.05) is 19.1 Å². The third kappa shape index (κ3) is 2.93. The van der Waals surface area contributed by atoms with Crippen LogP contribution in [0, 0.1) is 12.3 Å². The maximum Gasteiger partial charge on any atom is 0.235 e. The number of nitrogens with one attached hydrogen (secondary N) is 1. The summed E-state index contributed by atoms with van der Waals surface area (Å²) in [5.74, 6) is 2.99. The molecule has 2 aliphatic carbocycles. The van der Waals surface area contributed by atoms with Gasteiger partial charge in [-0.1, -0.05) is 5.16 Å². The van der Waals surface area contributed by atoms with Gasteiger partial charge in [0.25, 0.3) is 0 Å². The van der Waals surface area contributed by atoms with Gasteiger partial charge in [0.2, 0.25) is 11.8 Å². The number of likely N-dealkylation sites (tertiary alicyclic amines) is 1. The monoisotopic (exact) mass is 422 g/mol. The lowest BCUT2D eigenvalue weighted by molar-refractivity contribution is -0.122. The molecule has 31 heavy (non-hydrogen) atoms. The van der Waals surface area contributed by atoms with Crippen molar-refractivity contribution < 1.29 is 14.1 Å². The lowest BCUT2D eigenvalue weighted by Crippen LogP contribution is -2.46. The van der Waals surface area contributed by atoms with Gasteiger partial charge in [0, 0.05) is 24.2 Å². The minimum absolute atomic E-state index is 0.170. The Balaban J connectivity index is 1.11. The number of carbonyl (C=O) groups excluding carboxylic acids is 1. The van der Waals surface area contributed by atoms with Gasteiger partial charge in [0.05, 0.1) is 12.5 Å². The first-order valence-electron chi connectivity index (χ1n) is 11.5. The molecule has 1 amide bonds. The largest absolute Gasteiger partial charge is 0.497 e. The molecule has 1 N–H and O–H groups in total. The van der Waals surface area contributed by atoms with E-state index in [0.717, 1.165) is 67.2 Å². The third-order valence-corrected chi connectivity index (χ3v) is 8.47. The molecular weight excluding hydrogens is 392 g/mol. The number of rotatable bonds is 3. The first-order valence-corrected chi connectivity index (χ1v) is 11.5. The number of aromatic nitrogens is 2. The second-order valence-corrected chi connectivity index (χ2v) is 10.2. The van der Waals surface area contributed by atoms with Crippen LogP contribution in [0.2, 0.25) is 0 Å². The van der Waals surface area contributed by atoms with Crippen LogP contribution in [-0.2, 0) is 10.2 Å². The standard InChI is InChI=1S/C24H30N4O3/c1-15-25-21(31-27-15)16-12-23(13-16)9-10-28(14-23)17-5-7-24(8-6-17)19-11-18(30-2)3-4-20(19)26-22(24)29/h3-4,11,16-17H,5-10,12-14H2,1-2H3,(H,26,29). The van der Waals surface area contributed by atoms with Crippen molar-refractivity contribution in [3.63, 3.8) is 0 Å². The molecule has 4 aliphatic rings. The Morgan fingerprint density at radius 2 is 2.03 bits per heavy atom. The predicted molar refractivity (Wildman–Crippen MR) is 115 cm³/mol. The first kappa shape index (κ1) is 19.3. The van der Waals surface area contributed by atoms with Crippen LogP contribution in [-0.4, -0.2) is 47.2 Å². The Kier molecular flexibility index (Phi) is 4.23. The summed E-state index contributed by atoms with van der Waals surface area (Å²) < 4.78 is 10.8. The Bertz CT molecular complexity index is 1020. The summed E-state index contributed by atoms with van der Waals surface area (Å²) in [6.07, 6.45) is 7.57. The van der Waals surface area contributed by atoms with E-state index in [-0.39, 0.29) is 11.3 Å². The van der Waals surface area contributed by atoms with E-state index in [2.05, 4.69) is 26.4 Å². The third-order valence-electron chi connectivity index (χ3n) is 8.47. The van der Waals surface area contributed by atoms with E-state index >= 15 is 0 Å². The fourth-order valence-electron chi connectivity index (χ4n) is 6.73. The number of fused-ring (bicyclic) bond motifs is 2. The quantitative estimate of drug-likeness (QED) is 0.811. The lowest BCUT2D eigenvalue weighted by atomic mass is 9.61. The average Bonchev–Trinajstić information content (AvgIpc) is 3.45. The van der Waals surface area contributed by atoms with Crippen LogP contribution in [0.5, 0.6) is 5.75 Å². The van der Waals surface area contributed by atoms with Gasteiger partial charge in [-0.15, -0.1) is 0 Å². The zero-order chi connectivity index (χ0) is 21.2. The lowest BCUT2D eigenvalue weighted by Gasteiger charge is -2.45. The Labute approximate surface area is 182 Å². The number of amides is 1. The predicted octanol–water partition coefficient (Wildman–Crippen LogP) is 3.79. The van der Waals surface area contributed by atoms with E-state index in [0.29, 0.717) is 17.4 Å². The maximum atomic E-state index is 13.0. The van der Waals surface area contributed by atoms with Gasteiger partial charge in [-0.2, -0.15) is 4.98 Å². The van der Waals surface area contributed by atoms with Crippen molar-refractivity contribution in [2.45, 2.75) is 69.2 Å². The van der Waals surface area contributed by atoms with E-state index in [1.165, 1.54) is 19.5 Å². The van der Waals surface area contributed by atoms with Crippen molar-refractivity contribution in [2.75, 3.05) is 25.5 Å². The SMILES string of the molecule is COc1ccc2c(c1)C1(CCC(N3CCC4(CC(c5nc(C)no5)C4)C3)CC1)C(=O)N2. The van der Waals surface area contributed by atoms with Gasteiger partial charge in [-0.25, -0.2) is 0 Å². The number of aryl methyl sites for hydroxylation is 1. The number of anilines is 1. The summed E-state index contributed by atoms with van der Waals surface area (Å²) in [7, 11) is 1.68. The highest BCUT2D eigenvalue weighted by Crippen LogP contribution is 2.57. The van der Waals surface area contributed by atoms with Gasteiger partial charge in [0.15, 0.2) is 5.82 Å². The molecular formula is C24H30N4O3. The molecule has 1 aromatic heterocycles. The van der Waals surface area contributed by atoms with Crippen molar-refractivity contribution in [2.24, 2.45) is 5.41 Å². The fraction of sp³-hybridized carbons (Fsp3) is 0.625. The highest BCUT2D eigenvalue weighted by atomic mass is 16.5. The van der Waals surface area contributed by atoms with Crippen LogP contribution in [0.4, 0.5) is 5.69 Å². The summed E-state index contributed by atoms with van der Waals surface area (Å²) in [6, 6.07) is 6.55. The minimum atomic E-state index is -0.380. The number of nitrogens with zero attached hydrogens (tertiary/aromatic N) is 3. The Morgan fingerprint density at radius 3 is 2.74 bits per heavy atom. The topological polar surface area (TPSA) is 80.5 Å². The number of ether oxygens (including phenoxy) is 1. The summed E-state index contributed by atoms with van der Waals surface area (Å²) in [5, 5.41) is 7.07. The highest BCUT2D eigenvalue weighted by Gasteiger charge is 2.54. The van der Waals surface area contributed by atoms with Gasteiger partial charge < -0.3 is 14.6 Å². The zero-order valence-electron chi connectivity index (χ0n) is 18.3. The molecule has 6 rings (SSSR count). The molecule has 0 unspecified atom stereocenters. The summed E-state index contributed by atoms with van der Waals surface area (Å²) >= 11 is 0. The smallest absolute Gasteiger partial charge is 0.235 e. The van der Waals surface area contributed by atoms with Crippen molar-refractivity contribution in [1.29, 1.82) is 0 Å². The number of methoxy groups -OCH3 is 1. The molecule has 164 valence electrons. The van der Waals surface area contributed by atoms with Crippen molar-refractivity contribution in [3.05, 3.63) is 35.5 Å². The molecule has 0 bridgehead atoms. The normalized spacial score (nSPS) is 34.7. The Morgan fingerprint density at radius 1 is 1.23 bits per heavy atom. The molecule has 3 heterocycles. The van der Waals surface area contributed by atoms with Crippen LogP contribution >= 0.6 is 0 Å². The van der Waals surface area contributed by atoms with E-state index < -0.39 is 0 Å². The Hall–Kier alpha value is -2.41. The second-order valence-electron chi connectivity index (χ2n) is 10.2. The van der Waals surface area contributed by atoms with Crippen molar-refractivity contribution in [1.82, 2.24) is 15.0 Å². The van der Waals surface area contributed by atoms with Crippen LogP contribution in [0.15, 0.2) is 22.7 Å². The highest BCUT2D eigenvalue weighted by molar-refractivity contribution is 6.06. The molecule has 7 heteroatoms. The zero-order valence-corrected chi connectivity index (χ0v) is 18.3. The van der Waals surface area contributed by atoms with E-state index in [4.69, 9.17) is 9.26 Å². The van der Waals surface area contributed by atoms with Crippen LogP contribution in [0.1, 0.15) is 68.1 Å². The maximum absolute atomic E-state index is 13.0. The van der Waals surface area contributed by atoms with Crippen LogP contribution in [0.25, 0.3) is 0 Å². The minimum Gasteiger partial charge on any atom is -0.497 e. The number of carbonyl (C=O) groups is 1. The van der Waals surface area contributed by atoms with Crippen LogP contribution < -0.4 is 10.1 Å². The summed E-state index contributed by atoms with van der Waals surface area (Å²) in [6.45, 7) is 4.22. The summed E-state index contributed by atoms with van der Waals surface area (Å²) in [4.78, 5) is 20.1. The number of benzene rings is 1. The van der Waals surface area contributed by atoms with Gasteiger partial charge in [-0.05, 0) is 87.6 Å². The molecule has 2 aliphatic heterocycles. The van der Waals surface area contributed by atoms with Gasteiger partial charge in [0.1, 0.15) is 5.75 Å². The molecule has 2 aromatic rings. The molecule has 2 saturated carbocycles. The van der Waals surface area contributed by atoms with Crippen LogP contribution in [0.3, 0.4) is 0 Å². The van der Waals surface area contributed by atoms with Crippen molar-refractivity contribution >= 4 is 11.6 Å². The fourth-order valence-corrected chi connectivity index (χ4v) is 6.73. The molecule has 1 aromatic carbocycles. The van der Waals surface area contributed by atoms with Crippen molar-refractivity contribution in [3.8, 4) is 5.75 Å². The molecule has 0 radical (unpaired) electrons. The molecule has 2 spiro atoms. The molecule has 1 saturated heterocycles. The number of hydrogen-bond acceptors (Lipinski definition) is 6. The first-order chi connectivity index (χ1) is 15.0. The van der Waals surface area contributed by atoms with Gasteiger partial charge in [-0.3, -0.25) is 9.69 Å². The average molecular weight is 423 g/mol. The van der Waals surface area contributed by atoms with E-state index in [9.17, 15) is 4.79 Å². The molecule has 3 fully saturated rings. The molecule has 0 atom stereocenters. The van der Waals surface area contributed by atoms with E-state index in [1.54, 1.807) is 7.11 Å². The summed E-state index contributed by atoms with van der Waals surface area (Å²) in [5.41, 5.74) is 2.13. The molecule has 7 nitrogen and oxygen atoms in total.